The van der Waals surface area contributed by atoms with Gasteiger partial charge in [-0.25, -0.2) is 4.98 Å². The molecule has 45 heavy (non-hydrogen) atoms. The number of aryl methyl sites for hydroxylation is 3. The number of hydrogen-bond acceptors (Lipinski definition) is 3. The van der Waals surface area contributed by atoms with Gasteiger partial charge in [-0.2, -0.15) is 17.2 Å². The summed E-state index contributed by atoms with van der Waals surface area (Å²) in [5.41, 5.74) is 9.99. The topological polar surface area (TPSA) is 44.9 Å². The van der Waals surface area contributed by atoms with E-state index in [1.807, 2.05) is 36.5 Å². The molecule has 0 saturated heterocycles. The summed E-state index contributed by atoms with van der Waals surface area (Å²) >= 11 is 0. The van der Waals surface area contributed by atoms with Crippen molar-refractivity contribution < 1.29 is 25.8 Å². The first-order chi connectivity index (χ1) is 21.5. The average molecular weight is 770 g/mol. The van der Waals surface area contributed by atoms with Crippen molar-refractivity contribution in [3.63, 3.8) is 0 Å². The van der Waals surface area contributed by atoms with Crippen LogP contribution in [0.4, 0.5) is 0 Å². The van der Waals surface area contributed by atoms with E-state index in [2.05, 4.69) is 110 Å². The second-order valence-corrected chi connectivity index (χ2v) is 11.3. The molecule has 226 valence electrons. The SMILES string of the molecule is CCCc1c(-c2ccc(C)cc2)c(CC)nn1-c1[c-]c(Oc2[c-]c3c(cc2)c2ccccc2n3-c2cc(C)ccn2)ccc1.[Pt+2]. The quantitative estimate of drug-likeness (QED) is 0.145. The van der Waals surface area contributed by atoms with E-state index in [0.717, 1.165) is 63.8 Å². The first-order valence-electron chi connectivity index (χ1n) is 15.3. The molecule has 7 aromatic rings. The first kappa shape index (κ1) is 30.6. The number of ether oxygens (including phenoxy) is 1. The van der Waals surface area contributed by atoms with Crippen molar-refractivity contribution in [3.8, 4) is 34.1 Å². The Bertz CT molecular complexity index is 2120. The summed E-state index contributed by atoms with van der Waals surface area (Å²) in [5.74, 6) is 2.09. The summed E-state index contributed by atoms with van der Waals surface area (Å²) in [5, 5.41) is 7.35. The Labute approximate surface area is 278 Å². The molecule has 4 aromatic carbocycles. The maximum atomic E-state index is 6.43. The van der Waals surface area contributed by atoms with E-state index in [9.17, 15) is 0 Å². The summed E-state index contributed by atoms with van der Waals surface area (Å²) < 4.78 is 10.6. The minimum absolute atomic E-state index is 0. The second-order valence-electron chi connectivity index (χ2n) is 11.3. The minimum Gasteiger partial charge on any atom is -0.509 e. The molecule has 0 amide bonds. The zero-order chi connectivity index (χ0) is 30.2. The van der Waals surface area contributed by atoms with Gasteiger partial charge in [-0.05, 0) is 67.1 Å². The monoisotopic (exact) mass is 769 g/mol. The molecule has 3 heterocycles. The van der Waals surface area contributed by atoms with E-state index in [-0.39, 0.29) is 21.1 Å². The number of fused-ring (bicyclic) bond motifs is 3. The Kier molecular flexibility index (Phi) is 8.74. The van der Waals surface area contributed by atoms with Gasteiger partial charge in [0.05, 0.1) is 5.69 Å². The van der Waals surface area contributed by atoms with Crippen molar-refractivity contribution in [2.45, 2.75) is 47.0 Å². The van der Waals surface area contributed by atoms with Gasteiger partial charge in [0.15, 0.2) is 0 Å². The van der Waals surface area contributed by atoms with E-state index >= 15 is 0 Å². The molecule has 6 heteroatoms. The van der Waals surface area contributed by atoms with Gasteiger partial charge in [-0.1, -0.05) is 73.8 Å². The van der Waals surface area contributed by atoms with E-state index in [1.165, 1.54) is 22.4 Å². The van der Waals surface area contributed by atoms with Crippen LogP contribution in [-0.4, -0.2) is 19.3 Å². The zero-order valence-corrected chi connectivity index (χ0v) is 28.1. The van der Waals surface area contributed by atoms with Crippen LogP contribution in [0.3, 0.4) is 0 Å². The third-order valence-corrected chi connectivity index (χ3v) is 8.10. The Balaban J connectivity index is 0.00000357. The maximum Gasteiger partial charge on any atom is 2.00 e. The van der Waals surface area contributed by atoms with Crippen molar-refractivity contribution in [2.24, 2.45) is 0 Å². The summed E-state index contributed by atoms with van der Waals surface area (Å²) in [4.78, 5) is 4.69. The van der Waals surface area contributed by atoms with Crippen molar-refractivity contribution in [1.82, 2.24) is 19.3 Å². The summed E-state index contributed by atoms with van der Waals surface area (Å²) in [6.45, 7) is 8.58. The van der Waals surface area contributed by atoms with Gasteiger partial charge >= 0.3 is 21.1 Å². The second kappa shape index (κ2) is 12.9. The van der Waals surface area contributed by atoms with Crippen LogP contribution in [0, 0.1) is 26.0 Å². The molecule has 0 fully saturated rings. The predicted octanol–water partition coefficient (Wildman–Crippen LogP) is 9.55. The van der Waals surface area contributed by atoms with E-state index in [1.54, 1.807) is 0 Å². The fourth-order valence-electron chi connectivity index (χ4n) is 6.02. The number of hydrogen-bond donors (Lipinski definition) is 0. The number of benzene rings is 4. The van der Waals surface area contributed by atoms with Crippen molar-refractivity contribution in [2.75, 3.05) is 0 Å². The Morgan fingerprint density at radius 3 is 2.36 bits per heavy atom. The maximum absolute atomic E-state index is 6.43. The van der Waals surface area contributed by atoms with E-state index in [0.29, 0.717) is 11.5 Å². The first-order valence-corrected chi connectivity index (χ1v) is 15.3. The van der Waals surface area contributed by atoms with Crippen LogP contribution in [-0.2, 0) is 33.9 Å². The molecular weight excluding hydrogens is 736 g/mol. The molecule has 0 aliphatic heterocycles. The van der Waals surface area contributed by atoms with Crippen LogP contribution in [0.5, 0.6) is 11.5 Å². The molecule has 0 aliphatic rings. The van der Waals surface area contributed by atoms with Gasteiger partial charge in [0.25, 0.3) is 0 Å². The van der Waals surface area contributed by atoms with Gasteiger partial charge in [0, 0.05) is 34.5 Å². The van der Waals surface area contributed by atoms with Crippen molar-refractivity contribution in [3.05, 3.63) is 132 Å². The van der Waals surface area contributed by atoms with Gasteiger partial charge < -0.3 is 9.30 Å². The number of pyridine rings is 1. The number of rotatable bonds is 8. The van der Waals surface area contributed by atoms with Gasteiger partial charge in [0.2, 0.25) is 0 Å². The molecule has 0 spiro atoms. The van der Waals surface area contributed by atoms with Crippen LogP contribution >= 0.6 is 0 Å². The normalized spacial score (nSPS) is 11.2. The smallest absolute Gasteiger partial charge is 0.509 e. The van der Waals surface area contributed by atoms with Crippen LogP contribution in [0.25, 0.3) is 44.4 Å². The van der Waals surface area contributed by atoms with Crippen LogP contribution in [0.2, 0.25) is 0 Å². The van der Waals surface area contributed by atoms with Crippen molar-refractivity contribution >= 4 is 21.8 Å². The number of para-hydroxylation sites is 1. The molecule has 5 nitrogen and oxygen atoms in total. The van der Waals surface area contributed by atoms with Crippen LogP contribution < -0.4 is 4.74 Å². The molecule has 3 aromatic heterocycles. The van der Waals surface area contributed by atoms with E-state index in [4.69, 9.17) is 14.8 Å². The molecule has 0 atom stereocenters. The molecule has 0 unspecified atom stereocenters. The van der Waals surface area contributed by atoms with Crippen LogP contribution in [0.1, 0.15) is 42.8 Å². The fraction of sp³-hybridized carbons (Fsp3) is 0.179. The molecule has 0 aliphatic carbocycles. The average Bonchev–Trinajstić information content (AvgIpc) is 3.57. The molecule has 0 N–H and O–H groups in total. The van der Waals surface area contributed by atoms with Gasteiger partial charge in [-0.15, -0.1) is 35.7 Å². The Morgan fingerprint density at radius 2 is 1.58 bits per heavy atom. The van der Waals surface area contributed by atoms with Gasteiger partial charge in [-0.3, -0.25) is 4.68 Å². The number of nitrogens with zero attached hydrogens (tertiary/aromatic N) is 4. The zero-order valence-electron chi connectivity index (χ0n) is 25.9. The van der Waals surface area contributed by atoms with Crippen LogP contribution in [0.15, 0.2) is 97.2 Å². The summed E-state index contributed by atoms with van der Waals surface area (Å²) in [6.07, 6.45) is 4.63. The fourth-order valence-corrected chi connectivity index (χ4v) is 6.02. The standard InChI is InChI=1S/C39H34N4O.Pt/c1-5-10-36-39(28-17-15-26(3)16-18-28)34(6-2)41-43(36)29-11-9-12-30(24-29)44-31-19-20-33-32-13-7-8-14-35(32)42(37(33)25-31)38-23-27(4)21-22-40-38;/h7-9,11-23H,5-6,10H2,1-4H3;/q-2;+2. The Morgan fingerprint density at radius 1 is 0.778 bits per heavy atom. The largest absolute Gasteiger partial charge is 2.00 e. The molecule has 7 rings (SSSR count). The predicted molar refractivity (Wildman–Crippen MR) is 178 cm³/mol. The Hall–Kier alpha value is -4.47. The molecule has 0 bridgehead atoms. The molecule has 0 radical (unpaired) electrons. The van der Waals surface area contributed by atoms with Gasteiger partial charge in [0.1, 0.15) is 5.82 Å². The molecular formula is C39H34N4OPt. The van der Waals surface area contributed by atoms with E-state index < -0.39 is 0 Å². The minimum atomic E-state index is 0. The summed E-state index contributed by atoms with van der Waals surface area (Å²) in [7, 11) is 0. The van der Waals surface area contributed by atoms with Crippen molar-refractivity contribution in [1.29, 1.82) is 0 Å². The third-order valence-electron chi connectivity index (χ3n) is 8.10. The number of aromatic nitrogens is 4. The molecule has 0 saturated carbocycles. The summed E-state index contributed by atoms with van der Waals surface area (Å²) in [6, 6.07) is 38.4. The third kappa shape index (κ3) is 5.73.